The molecule has 1 aliphatic heterocycles. The Kier molecular flexibility index (Phi) is 4.20. The lowest BCUT2D eigenvalue weighted by molar-refractivity contribution is -0.130. The van der Waals surface area contributed by atoms with E-state index in [0.717, 1.165) is 5.69 Å². The van der Waals surface area contributed by atoms with E-state index in [0.29, 0.717) is 42.8 Å². The first-order chi connectivity index (χ1) is 12.6. The number of rotatable bonds is 3. The van der Waals surface area contributed by atoms with E-state index in [1.807, 2.05) is 12.1 Å². The fourth-order valence-electron chi connectivity index (χ4n) is 3.27. The van der Waals surface area contributed by atoms with Crippen molar-refractivity contribution in [3.8, 4) is 0 Å². The highest BCUT2D eigenvalue weighted by Gasteiger charge is 2.22. The third kappa shape index (κ3) is 3.20. The second-order valence-electron chi connectivity index (χ2n) is 6.33. The number of aromatic nitrogens is 1. The lowest BCUT2D eigenvalue weighted by Crippen LogP contribution is -2.49. The van der Waals surface area contributed by atoms with Crippen molar-refractivity contribution >= 4 is 22.7 Å². The van der Waals surface area contributed by atoms with E-state index >= 15 is 0 Å². The number of carbonyl (C=O) groups excluding carboxylic acids is 1. The van der Waals surface area contributed by atoms with Gasteiger partial charge < -0.3 is 14.2 Å². The monoisotopic (exact) mass is 355 g/mol. The Labute approximate surface area is 148 Å². The van der Waals surface area contributed by atoms with Crippen LogP contribution in [0.25, 0.3) is 11.1 Å². The van der Waals surface area contributed by atoms with E-state index in [4.69, 9.17) is 4.42 Å². The van der Waals surface area contributed by atoms with Gasteiger partial charge in [0, 0.05) is 31.9 Å². The second-order valence-corrected chi connectivity index (χ2v) is 6.33. The van der Waals surface area contributed by atoms with Crippen LogP contribution in [0.5, 0.6) is 0 Å². The van der Waals surface area contributed by atoms with Gasteiger partial charge in [0.05, 0.1) is 11.9 Å². The molecule has 0 bridgehead atoms. The summed E-state index contributed by atoms with van der Waals surface area (Å²) >= 11 is 0. The van der Waals surface area contributed by atoms with E-state index in [2.05, 4.69) is 9.88 Å². The Hall–Kier alpha value is -3.09. The molecule has 0 saturated carbocycles. The van der Waals surface area contributed by atoms with Crippen LogP contribution in [0.2, 0.25) is 0 Å². The van der Waals surface area contributed by atoms with Crippen LogP contribution in [0, 0.1) is 5.82 Å². The Bertz CT molecular complexity index is 1000. The number of carbonyl (C=O) groups is 1. The van der Waals surface area contributed by atoms with Gasteiger partial charge in [0.1, 0.15) is 5.82 Å². The van der Waals surface area contributed by atoms with Crippen molar-refractivity contribution in [2.45, 2.75) is 6.42 Å². The van der Waals surface area contributed by atoms with Gasteiger partial charge in [-0.1, -0.05) is 18.2 Å². The number of aromatic amines is 1. The highest BCUT2D eigenvalue weighted by atomic mass is 19.1. The molecule has 0 atom stereocenters. The summed E-state index contributed by atoms with van der Waals surface area (Å²) in [7, 11) is 0. The van der Waals surface area contributed by atoms with Crippen LogP contribution in [0.15, 0.2) is 51.7 Å². The maximum atomic E-state index is 13.7. The van der Waals surface area contributed by atoms with E-state index in [9.17, 15) is 14.0 Å². The number of amides is 1. The molecule has 7 heteroatoms. The normalized spacial score (nSPS) is 14.8. The number of hydrogen-bond donors (Lipinski definition) is 1. The number of H-pyrrole nitrogens is 1. The summed E-state index contributed by atoms with van der Waals surface area (Å²) < 4.78 is 18.7. The van der Waals surface area contributed by atoms with Crippen molar-refractivity contribution in [3.63, 3.8) is 0 Å². The third-order valence-corrected chi connectivity index (χ3v) is 4.70. The Morgan fingerprint density at radius 2 is 1.88 bits per heavy atom. The fourth-order valence-corrected chi connectivity index (χ4v) is 3.27. The average molecular weight is 355 g/mol. The van der Waals surface area contributed by atoms with E-state index in [1.165, 1.54) is 6.07 Å². The Morgan fingerprint density at radius 3 is 2.65 bits per heavy atom. The van der Waals surface area contributed by atoms with Crippen LogP contribution >= 0.6 is 0 Å². The van der Waals surface area contributed by atoms with Gasteiger partial charge in [-0.05, 0) is 29.8 Å². The van der Waals surface area contributed by atoms with Gasteiger partial charge >= 0.3 is 5.76 Å². The minimum Gasteiger partial charge on any atom is -0.408 e. The molecule has 3 aromatic rings. The highest BCUT2D eigenvalue weighted by Crippen LogP contribution is 2.21. The van der Waals surface area contributed by atoms with E-state index in [-0.39, 0.29) is 18.1 Å². The molecular formula is C19H18FN3O3. The first-order valence-electron chi connectivity index (χ1n) is 8.49. The summed E-state index contributed by atoms with van der Waals surface area (Å²) in [5, 5.41) is 0. The smallest absolute Gasteiger partial charge is 0.408 e. The zero-order valence-electron chi connectivity index (χ0n) is 14.1. The maximum absolute atomic E-state index is 13.7. The largest absolute Gasteiger partial charge is 0.417 e. The Balaban J connectivity index is 1.40. The average Bonchev–Trinajstić information content (AvgIpc) is 3.03. The van der Waals surface area contributed by atoms with Gasteiger partial charge in [-0.15, -0.1) is 0 Å². The molecule has 1 amide bonds. The summed E-state index contributed by atoms with van der Waals surface area (Å²) in [6, 6.07) is 11.9. The molecule has 1 saturated heterocycles. The molecule has 0 unspecified atom stereocenters. The second kappa shape index (κ2) is 6.67. The molecule has 26 heavy (non-hydrogen) atoms. The quantitative estimate of drug-likeness (QED) is 0.782. The summed E-state index contributed by atoms with van der Waals surface area (Å²) in [6.07, 6.45) is 0.0783. The van der Waals surface area contributed by atoms with Gasteiger partial charge in [0.15, 0.2) is 5.58 Å². The van der Waals surface area contributed by atoms with Crippen molar-refractivity contribution in [1.29, 1.82) is 0 Å². The van der Waals surface area contributed by atoms with E-state index in [1.54, 1.807) is 29.2 Å². The van der Waals surface area contributed by atoms with Crippen molar-refractivity contribution in [3.05, 3.63) is 64.4 Å². The topological polar surface area (TPSA) is 69.6 Å². The zero-order valence-corrected chi connectivity index (χ0v) is 14.1. The maximum Gasteiger partial charge on any atom is 0.417 e. The highest BCUT2D eigenvalue weighted by molar-refractivity contribution is 5.80. The van der Waals surface area contributed by atoms with Crippen LogP contribution in [0.3, 0.4) is 0 Å². The molecular weight excluding hydrogens is 337 g/mol. The summed E-state index contributed by atoms with van der Waals surface area (Å²) in [6.45, 7) is 2.51. The number of piperazine rings is 1. The SMILES string of the molecule is O=C(Cc1ccccc1F)N1CCN(c2ccc3oc(=O)[nH]c3c2)CC1. The molecule has 1 aromatic heterocycles. The first kappa shape index (κ1) is 16.4. The predicted octanol–water partition coefficient (Wildman–Crippen LogP) is 2.15. The van der Waals surface area contributed by atoms with E-state index < -0.39 is 5.76 Å². The van der Waals surface area contributed by atoms with Gasteiger partial charge in [-0.25, -0.2) is 9.18 Å². The van der Waals surface area contributed by atoms with Crippen LogP contribution in [0.4, 0.5) is 10.1 Å². The Morgan fingerprint density at radius 1 is 1.12 bits per heavy atom. The molecule has 6 nitrogen and oxygen atoms in total. The van der Waals surface area contributed by atoms with Crippen LogP contribution < -0.4 is 10.7 Å². The van der Waals surface area contributed by atoms with Gasteiger partial charge in [0.25, 0.3) is 0 Å². The number of nitrogens with one attached hydrogen (secondary N) is 1. The fraction of sp³-hybridized carbons (Fsp3) is 0.263. The molecule has 0 aliphatic carbocycles. The number of nitrogens with zero attached hydrogens (tertiary/aromatic N) is 2. The summed E-state index contributed by atoms with van der Waals surface area (Å²) in [5.41, 5.74) is 2.58. The molecule has 0 radical (unpaired) electrons. The molecule has 1 N–H and O–H groups in total. The lowest BCUT2D eigenvalue weighted by atomic mass is 10.1. The van der Waals surface area contributed by atoms with Crippen LogP contribution in [0.1, 0.15) is 5.56 Å². The third-order valence-electron chi connectivity index (χ3n) is 4.70. The number of hydrogen-bond acceptors (Lipinski definition) is 4. The zero-order chi connectivity index (χ0) is 18.1. The molecule has 0 spiro atoms. The standard InChI is InChI=1S/C19H18FN3O3/c20-15-4-2-1-3-13(15)11-18(24)23-9-7-22(8-10-23)14-5-6-17-16(12-14)21-19(25)26-17/h1-6,12H,7-11H2,(H,21,25). The molecule has 4 rings (SSSR count). The number of halogens is 1. The number of benzene rings is 2. The van der Waals surface area contributed by atoms with Gasteiger partial charge in [0.2, 0.25) is 5.91 Å². The van der Waals surface area contributed by atoms with Gasteiger partial charge in [-0.2, -0.15) is 0 Å². The minimum atomic E-state index is -0.472. The number of oxazole rings is 1. The van der Waals surface area contributed by atoms with Crippen LogP contribution in [-0.4, -0.2) is 42.0 Å². The van der Waals surface area contributed by atoms with Crippen LogP contribution in [-0.2, 0) is 11.2 Å². The van der Waals surface area contributed by atoms with Crippen molar-refractivity contribution < 1.29 is 13.6 Å². The number of fused-ring (bicyclic) bond motifs is 1. The molecule has 2 heterocycles. The summed E-state index contributed by atoms with van der Waals surface area (Å²) in [4.78, 5) is 30.3. The lowest BCUT2D eigenvalue weighted by Gasteiger charge is -2.36. The van der Waals surface area contributed by atoms with Crippen molar-refractivity contribution in [1.82, 2.24) is 9.88 Å². The predicted molar refractivity (Wildman–Crippen MR) is 95.7 cm³/mol. The van der Waals surface area contributed by atoms with Crippen molar-refractivity contribution in [2.24, 2.45) is 0 Å². The summed E-state index contributed by atoms with van der Waals surface area (Å²) in [5.74, 6) is -0.882. The van der Waals surface area contributed by atoms with Crippen molar-refractivity contribution in [2.75, 3.05) is 31.1 Å². The molecule has 1 aliphatic rings. The minimum absolute atomic E-state index is 0.0654. The first-order valence-corrected chi connectivity index (χ1v) is 8.49. The molecule has 1 fully saturated rings. The molecule has 2 aromatic carbocycles. The number of anilines is 1. The van der Waals surface area contributed by atoms with Gasteiger partial charge in [-0.3, -0.25) is 9.78 Å². The molecule has 134 valence electrons.